The van der Waals surface area contributed by atoms with E-state index in [-0.39, 0.29) is 17.7 Å². The van der Waals surface area contributed by atoms with Crippen LogP contribution < -0.4 is 19.7 Å². The zero-order valence-electron chi connectivity index (χ0n) is 15.8. The molecule has 2 aliphatic rings. The molecule has 0 atom stereocenters. The number of rotatable bonds is 3. The van der Waals surface area contributed by atoms with E-state index in [4.69, 9.17) is 9.47 Å². The van der Waals surface area contributed by atoms with Crippen molar-refractivity contribution in [1.82, 2.24) is 0 Å². The van der Waals surface area contributed by atoms with Gasteiger partial charge in [0.15, 0.2) is 11.5 Å². The molecular weight excluding hydrogens is 384 g/mol. The van der Waals surface area contributed by atoms with Gasteiger partial charge in [-0.25, -0.2) is 4.90 Å². The van der Waals surface area contributed by atoms with E-state index < -0.39 is 0 Å². The summed E-state index contributed by atoms with van der Waals surface area (Å²) >= 11 is 0. The van der Waals surface area contributed by atoms with Gasteiger partial charge in [0.25, 0.3) is 17.7 Å². The van der Waals surface area contributed by atoms with E-state index in [9.17, 15) is 14.4 Å². The first kappa shape index (κ1) is 17.9. The van der Waals surface area contributed by atoms with Crippen molar-refractivity contribution in [3.8, 4) is 11.5 Å². The maximum atomic E-state index is 12.6. The van der Waals surface area contributed by atoms with E-state index in [0.717, 1.165) is 4.90 Å². The first-order chi connectivity index (χ1) is 14.6. The Morgan fingerprint density at radius 3 is 2.10 bits per heavy atom. The van der Waals surface area contributed by atoms with Gasteiger partial charge in [-0.1, -0.05) is 12.1 Å². The summed E-state index contributed by atoms with van der Waals surface area (Å²) in [5, 5.41) is 2.81. The van der Waals surface area contributed by atoms with Crippen LogP contribution in [0, 0.1) is 0 Å². The molecule has 7 heteroatoms. The first-order valence-corrected chi connectivity index (χ1v) is 9.41. The van der Waals surface area contributed by atoms with Crippen molar-refractivity contribution in [2.24, 2.45) is 0 Å². The molecular formula is C23H16N2O5. The number of carbonyl (C=O) groups is 3. The van der Waals surface area contributed by atoms with Crippen LogP contribution in [-0.4, -0.2) is 30.9 Å². The van der Waals surface area contributed by atoms with Gasteiger partial charge in [0.2, 0.25) is 0 Å². The number of nitrogens with zero attached hydrogens (tertiary/aromatic N) is 1. The third kappa shape index (κ3) is 2.97. The molecule has 0 radical (unpaired) electrons. The quantitative estimate of drug-likeness (QED) is 0.680. The minimum absolute atomic E-state index is 0.319. The van der Waals surface area contributed by atoms with Crippen LogP contribution in [0.15, 0.2) is 66.7 Å². The van der Waals surface area contributed by atoms with E-state index >= 15 is 0 Å². The Morgan fingerprint density at radius 2 is 1.43 bits per heavy atom. The fourth-order valence-electron chi connectivity index (χ4n) is 3.51. The molecule has 0 unspecified atom stereocenters. The molecule has 3 aromatic rings. The number of hydrogen-bond donors (Lipinski definition) is 1. The minimum atomic E-state index is -0.371. The summed E-state index contributed by atoms with van der Waals surface area (Å²) in [5.74, 6) is 0.165. The normalized spacial score (nSPS) is 14.5. The topological polar surface area (TPSA) is 84.9 Å². The molecule has 2 aliphatic heterocycles. The average Bonchev–Trinajstić information content (AvgIpc) is 3.04. The molecule has 3 amide bonds. The molecule has 0 saturated carbocycles. The van der Waals surface area contributed by atoms with Gasteiger partial charge in [-0.2, -0.15) is 0 Å². The van der Waals surface area contributed by atoms with Gasteiger partial charge >= 0.3 is 0 Å². The lowest BCUT2D eigenvalue weighted by Crippen LogP contribution is -2.29. The maximum Gasteiger partial charge on any atom is 0.266 e. The summed E-state index contributed by atoms with van der Waals surface area (Å²) in [4.78, 5) is 38.9. The summed E-state index contributed by atoms with van der Waals surface area (Å²) in [6.07, 6.45) is 0. The van der Waals surface area contributed by atoms with E-state index in [2.05, 4.69) is 5.32 Å². The minimum Gasteiger partial charge on any atom is -0.486 e. The molecule has 0 saturated heterocycles. The van der Waals surface area contributed by atoms with Gasteiger partial charge in [0, 0.05) is 17.3 Å². The van der Waals surface area contributed by atoms with Crippen molar-refractivity contribution >= 4 is 29.1 Å². The van der Waals surface area contributed by atoms with Crippen LogP contribution in [0.4, 0.5) is 11.4 Å². The van der Waals surface area contributed by atoms with Crippen molar-refractivity contribution in [3.63, 3.8) is 0 Å². The van der Waals surface area contributed by atoms with Crippen molar-refractivity contribution in [1.29, 1.82) is 0 Å². The van der Waals surface area contributed by atoms with E-state index in [1.165, 1.54) is 0 Å². The van der Waals surface area contributed by atoms with Crippen LogP contribution in [0.1, 0.15) is 31.1 Å². The third-order valence-corrected chi connectivity index (χ3v) is 4.98. The molecule has 0 bridgehead atoms. The van der Waals surface area contributed by atoms with Gasteiger partial charge in [0.05, 0.1) is 16.8 Å². The number of nitrogens with one attached hydrogen (secondary N) is 1. The molecule has 7 nitrogen and oxygen atoms in total. The second-order valence-electron chi connectivity index (χ2n) is 6.85. The summed E-state index contributed by atoms with van der Waals surface area (Å²) < 4.78 is 11.0. The van der Waals surface area contributed by atoms with Crippen molar-refractivity contribution in [2.45, 2.75) is 0 Å². The number of amides is 3. The highest BCUT2D eigenvalue weighted by Gasteiger charge is 2.36. The Bertz CT molecular complexity index is 1150. The Hall–Kier alpha value is -4.13. The number of hydrogen-bond acceptors (Lipinski definition) is 5. The van der Waals surface area contributed by atoms with E-state index in [1.54, 1.807) is 66.7 Å². The molecule has 148 valence electrons. The van der Waals surface area contributed by atoms with Gasteiger partial charge < -0.3 is 14.8 Å². The number of imide groups is 1. The highest BCUT2D eigenvalue weighted by molar-refractivity contribution is 6.34. The summed E-state index contributed by atoms with van der Waals surface area (Å²) in [7, 11) is 0. The summed E-state index contributed by atoms with van der Waals surface area (Å²) in [5.41, 5.74) is 2.14. The first-order valence-electron chi connectivity index (χ1n) is 9.41. The second-order valence-corrected chi connectivity index (χ2v) is 6.85. The van der Waals surface area contributed by atoms with Crippen molar-refractivity contribution in [3.05, 3.63) is 83.4 Å². The molecule has 1 N–H and O–H groups in total. The molecule has 0 aromatic heterocycles. The largest absolute Gasteiger partial charge is 0.486 e. The van der Waals surface area contributed by atoms with Gasteiger partial charge in [-0.05, 0) is 48.5 Å². The Kier molecular flexibility index (Phi) is 4.21. The maximum absolute atomic E-state index is 12.6. The lowest BCUT2D eigenvalue weighted by atomic mass is 10.1. The fraction of sp³-hybridized carbons (Fsp3) is 0.0870. The second kappa shape index (κ2) is 7.04. The predicted molar refractivity (Wildman–Crippen MR) is 109 cm³/mol. The van der Waals surface area contributed by atoms with Crippen LogP contribution in [0.2, 0.25) is 0 Å². The Labute approximate surface area is 171 Å². The Balaban J connectivity index is 1.34. The van der Waals surface area contributed by atoms with Crippen LogP contribution >= 0.6 is 0 Å². The molecule has 0 fully saturated rings. The number of ether oxygens (including phenoxy) is 2. The number of benzene rings is 3. The monoisotopic (exact) mass is 400 g/mol. The molecule has 2 heterocycles. The highest BCUT2D eigenvalue weighted by Crippen LogP contribution is 2.33. The number of carbonyl (C=O) groups excluding carboxylic acids is 3. The average molecular weight is 400 g/mol. The van der Waals surface area contributed by atoms with Crippen LogP contribution in [-0.2, 0) is 0 Å². The van der Waals surface area contributed by atoms with E-state index in [1.807, 2.05) is 0 Å². The molecule has 3 aromatic carbocycles. The third-order valence-electron chi connectivity index (χ3n) is 4.98. The van der Waals surface area contributed by atoms with Crippen LogP contribution in [0.3, 0.4) is 0 Å². The standard InChI is InChI=1S/C23H16N2O5/c26-21(24-15-7-10-19-20(13-15)30-12-11-29-19)14-5-8-16(9-6-14)25-22(27)17-3-1-2-4-18(17)23(25)28/h1-10,13H,11-12H2,(H,24,26). The SMILES string of the molecule is O=C(Nc1ccc2c(c1)OCCO2)c1ccc(N2C(=O)c3ccccc3C2=O)cc1. The van der Waals surface area contributed by atoms with Gasteiger partial charge in [-0.3, -0.25) is 14.4 Å². The number of anilines is 2. The summed E-state index contributed by atoms with van der Waals surface area (Å²) in [6, 6.07) is 18.2. The van der Waals surface area contributed by atoms with Gasteiger partial charge in [-0.15, -0.1) is 0 Å². The molecule has 5 rings (SSSR count). The van der Waals surface area contributed by atoms with Crippen LogP contribution in [0.25, 0.3) is 0 Å². The van der Waals surface area contributed by atoms with Gasteiger partial charge in [0.1, 0.15) is 13.2 Å². The highest BCUT2D eigenvalue weighted by atomic mass is 16.6. The van der Waals surface area contributed by atoms with Crippen molar-refractivity contribution < 1.29 is 23.9 Å². The molecule has 0 spiro atoms. The Morgan fingerprint density at radius 1 is 0.800 bits per heavy atom. The fourth-order valence-corrected chi connectivity index (χ4v) is 3.51. The zero-order valence-corrected chi connectivity index (χ0v) is 15.8. The zero-order chi connectivity index (χ0) is 20.7. The molecule has 0 aliphatic carbocycles. The lowest BCUT2D eigenvalue weighted by Gasteiger charge is -2.19. The number of fused-ring (bicyclic) bond motifs is 2. The van der Waals surface area contributed by atoms with Crippen LogP contribution in [0.5, 0.6) is 11.5 Å². The van der Waals surface area contributed by atoms with Crippen molar-refractivity contribution in [2.75, 3.05) is 23.4 Å². The summed E-state index contributed by atoms with van der Waals surface area (Å²) in [6.45, 7) is 0.960. The smallest absolute Gasteiger partial charge is 0.266 e. The molecule has 30 heavy (non-hydrogen) atoms. The van der Waals surface area contributed by atoms with E-state index in [0.29, 0.717) is 52.8 Å². The lowest BCUT2D eigenvalue weighted by molar-refractivity contribution is 0.0925. The predicted octanol–water partition coefficient (Wildman–Crippen LogP) is 3.51.